The molecule has 142 valence electrons. The zero-order chi connectivity index (χ0) is 21.6. The van der Waals surface area contributed by atoms with E-state index in [9.17, 15) is 0 Å². The van der Waals surface area contributed by atoms with E-state index in [0.29, 0.717) is 5.02 Å². The number of benzene rings is 2. The van der Waals surface area contributed by atoms with E-state index in [0.717, 1.165) is 38.3 Å². The van der Waals surface area contributed by atoms with Gasteiger partial charge in [0, 0.05) is 10.8 Å². The van der Waals surface area contributed by atoms with Crippen LogP contribution in [0.1, 0.15) is 27.7 Å². The number of halogens is 1. The fourth-order valence-electron chi connectivity index (χ4n) is 4.48. The summed E-state index contributed by atoms with van der Waals surface area (Å²) in [5.74, 6) is 0. The Morgan fingerprint density at radius 1 is 0.655 bits per heavy atom. The summed E-state index contributed by atoms with van der Waals surface area (Å²) in [5, 5.41) is 2.97. The van der Waals surface area contributed by atoms with Crippen molar-refractivity contribution in [1.29, 1.82) is 0 Å². The Balaban J connectivity index is 2.08. The topological polar surface area (TPSA) is 31.6 Å². The Morgan fingerprint density at radius 3 is 1.69 bits per heavy atom. The molecule has 0 amide bonds. The van der Waals surface area contributed by atoms with Crippen molar-refractivity contribution in [2.24, 2.45) is 0 Å². The fraction of sp³-hybridized carbons (Fsp3) is 0.333. The van der Waals surface area contributed by atoms with Gasteiger partial charge in [0.05, 0.1) is 16.2 Å². The summed E-state index contributed by atoms with van der Waals surface area (Å²) in [4.78, 5) is 0. The summed E-state index contributed by atoms with van der Waals surface area (Å²) in [6.45, 7) is 8.33. The van der Waals surface area contributed by atoms with Gasteiger partial charge in [-0.1, -0.05) is 38.9 Å². The van der Waals surface area contributed by atoms with Crippen LogP contribution in [0.5, 0.6) is 0 Å². The molecular formula is C18H24B7ClO3. The molecule has 0 bridgehead atoms. The van der Waals surface area contributed by atoms with E-state index in [-0.39, 0.29) is 11.2 Å². The fourth-order valence-corrected chi connectivity index (χ4v) is 4.75. The molecule has 0 unspecified atom stereocenters. The molecule has 0 radical (unpaired) electrons. The third-order valence-corrected chi connectivity index (χ3v) is 7.97. The van der Waals surface area contributed by atoms with E-state index >= 15 is 0 Å². The maximum absolute atomic E-state index is 6.72. The Kier molecular flexibility index (Phi) is 4.70. The second-order valence-corrected chi connectivity index (χ2v) is 9.95. The number of hydrogen-bond acceptors (Lipinski definition) is 3. The molecule has 0 N–H and O–H groups in total. The van der Waals surface area contributed by atoms with E-state index in [1.54, 1.807) is 0 Å². The second-order valence-electron chi connectivity index (χ2n) is 9.58. The van der Waals surface area contributed by atoms with Crippen molar-refractivity contribution in [1.82, 2.24) is 0 Å². The van der Waals surface area contributed by atoms with Crippen LogP contribution in [0.4, 0.5) is 0 Å². The molecule has 4 rings (SSSR count). The van der Waals surface area contributed by atoms with E-state index in [1.807, 2.05) is 0 Å². The Hall–Kier alpha value is -1.10. The van der Waals surface area contributed by atoms with Crippen LogP contribution in [0.25, 0.3) is 21.9 Å². The first-order valence-corrected chi connectivity index (χ1v) is 10.6. The number of furan rings is 1. The lowest BCUT2D eigenvalue weighted by atomic mass is 9.60. The zero-order valence-electron chi connectivity index (χ0n) is 19.2. The predicted molar refractivity (Wildman–Crippen MR) is 144 cm³/mol. The van der Waals surface area contributed by atoms with Gasteiger partial charge in [0.15, 0.2) is 5.58 Å². The summed E-state index contributed by atoms with van der Waals surface area (Å²) in [7, 11) is 12.3. The van der Waals surface area contributed by atoms with Crippen LogP contribution < -0.4 is 38.2 Å². The van der Waals surface area contributed by atoms with Crippen molar-refractivity contribution in [3.63, 3.8) is 0 Å². The van der Waals surface area contributed by atoms with Gasteiger partial charge >= 0.3 is 7.12 Å². The molecule has 2 heterocycles. The Morgan fingerprint density at radius 2 is 1.14 bits per heavy atom. The van der Waals surface area contributed by atoms with Gasteiger partial charge in [-0.25, -0.2) is 0 Å². The SMILES string of the molecule is Bc1c(B)c(B)c2c(oc3c(B)c(B4OC(C)(C)C(C)(C)O4)c(B)c(B)c32)c1Cl. The van der Waals surface area contributed by atoms with Crippen LogP contribution >= 0.6 is 11.6 Å². The third kappa shape index (κ3) is 2.75. The van der Waals surface area contributed by atoms with E-state index in [2.05, 4.69) is 74.8 Å². The summed E-state index contributed by atoms with van der Waals surface area (Å²) in [6.07, 6.45) is 0. The molecule has 3 aromatic rings. The molecule has 1 aromatic heterocycles. The third-order valence-electron chi connectivity index (χ3n) is 7.51. The zero-order valence-corrected chi connectivity index (χ0v) is 19.9. The highest BCUT2D eigenvalue weighted by Gasteiger charge is 2.52. The van der Waals surface area contributed by atoms with Gasteiger partial charge in [-0.05, 0) is 38.6 Å². The molecule has 0 spiro atoms. The Labute approximate surface area is 183 Å². The maximum Gasteiger partial charge on any atom is 0.493 e. The van der Waals surface area contributed by atoms with Crippen LogP contribution in [0.2, 0.25) is 5.02 Å². The summed E-state index contributed by atoms with van der Waals surface area (Å²) >= 11 is 6.72. The maximum atomic E-state index is 6.72. The molecule has 3 nitrogen and oxygen atoms in total. The van der Waals surface area contributed by atoms with Crippen molar-refractivity contribution < 1.29 is 13.7 Å². The first kappa shape index (κ1) is 21.1. The second kappa shape index (κ2) is 6.45. The monoisotopic (exact) mass is 400 g/mol. The average Bonchev–Trinajstić information content (AvgIpc) is 3.12. The lowest BCUT2D eigenvalue weighted by molar-refractivity contribution is 0.00578. The minimum Gasteiger partial charge on any atom is -0.455 e. The molecule has 2 aromatic carbocycles. The Bertz CT molecular complexity index is 1190. The molecule has 1 aliphatic rings. The summed E-state index contributed by atoms with van der Waals surface area (Å²) in [5.41, 5.74) is 8.90. The summed E-state index contributed by atoms with van der Waals surface area (Å²) in [6, 6.07) is 0. The quantitative estimate of drug-likeness (QED) is 0.382. The average molecular weight is 400 g/mol. The molecule has 0 saturated carbocycles. The highest BCUT2D eigenvalue weighted by molar-refractivity contribution is 6.77. The van der Waals surface area contributed by atoms with E-state index < -0.39 is 7.12 Å². The molecule has 0 aliphatic carbocycles. The highest BCUT2D eigenvalue weighted by atomic mass is 35.5. The van der Waals surface area contributed by atoms with Gasteiger partial charge in [0.1, 0.15) is 52.7 Å². The normalized spacial score (nSPS) is 18.2. The number of hydrogen-bond donors (Lipinski definition) is 0. The lowest BCUT2D eigenvalue weighted by Gasteiger charge is -2.32. The van der Waals surface area contributed by atoms with Crippen LogP contribution in [0.3, 0.4) is 0 Å². The first-order valence-electron chi connectivity index (χ1n) is 10.3. The smallest absolute Gasteiger partial charge is 0.455 e. The van der Waals surface area contributed by atoms with Crippen molar-refractivity contribution in [3.8, 4) is 0 Å². The van der Waals surface area contributed by atoms with Gasteiger partial charge in [-0.2, -0.15) is 0 Å². The molecule has 29 heavy (non-hydrogen) atoms. The van der Waals surface area contributed by atoms with Crippen molar-refractivity contribution in [2.45, 2.75) is 38.9 Å². The standard InChI is InChI=1S/C18H24B7ClO3/c1-17(2)18(3,4)29-25(28-17)13-10(22)8(20)5-6-7(19)9(21)11(23)14(26)16(6)27-15(5)12(13)24/h19-24H2,1-4H3. The van der Waals surface area contributed by atoms with Gasteiger partial charge < -0.3 is 13.7 Å². The van der Waals surface area contributed by atoms with E-state index in [1.165, 1.54) is 21.9 Å². The first-order chi connectivity index (χ1) is 13.3. The van der Waals surface area contributed by atoms with E-state index in [4.69, 9.17) is 25.3 Å². The van der Waals surface area contributed by atoms with Crippen LogP contribution in [0.15, 0.2) is 4.42 Å². The molecule has 1 aliphatic heterocycles. The molecule has 1 saturated heterocycles. The minimum absolute atomic E-state index is 0.387. The van der Waals surface area contributed by atoms with Crippen LogP contribution in [0, 0.1) is 0 Å². The van der Waals surface area contributed by atoms with Crippen LogP contribution in [-0.2, 0) is 9.31 Å². The van der Waals surface area contributed by atoms with Crippen molar-refractivity contribution in [2.75, 3.05) is 0 Å². The van der Waals surface area contributed by atoms with Gasteiger partial charge in [0.25, 0.3) is 0 Å². The molecule has 0 atom stereocenters. The molecule has 1 fully saturated rings. The van der Waals surface area contributed by atoms with Gasteiger partial charge in [-0.15, -0.1) is 0 Å². The predicted octanol–water partition coefficient (Wildman–Crippen LogP) is -5.91. The number of fused-ring (bicyclic) bond motifs is 3. The van der Waals surface area contributed by atoms with Crippen molar-refractivity contribution >= 4 is 126 Å². The molecular weight excluding hydrogens is 375 g/mol. The minimum atomic E-state index is -0.420. The molecule has 11 heteroatoms. The number of rotatable bonds is 1. The largest absolute Gasteiger partial charge is 0.493 e. The van der Waals surface area contributed by atoms with Crippen molar-refractivity contribution in [3.05, 3.63) is 5.02 Å². The van der Waals surface area contributed by atoms with Gasteiger partial charge in [-0.3, -0.25) is 0 Å². The summed E-state index contributed by atoms with van der Waals surface area (Å²) < 4.78 is 19.2. The highest BCUT2D eigenvalue weighted by Crippen LogP contribution is 2.36. The lowest BCUT2D eigenvalue weighted by Crippen LogP contribution is -2.57. The van der Waals surface area contributed by atoms with Crippen LogP contribution in [-0.4, -0.2) is 65.4 Å². The van der Waals surface area contributed by atoms with Gasteiger partial charge in [0.2, 0.25) is 0 Å².